The minimum atomic E-state index is -3.71. The highest BCUT2D eigenvalue weighted by atomic mass is 32.2. The van der Waals surface area contributed by atoms with Crippen LogP contribution in [0.2, 0.25) is 0 Å². The van der Waals surface area contributed by atoms with Gasteiger partial charge >= 0.3 is 5.97 Å². The van der Waals surface area contributed by atoms with Crippen LogP contribution in [0.4, 0.5) is 11.4 Å². The van der Waals surface area contributed by atoms with E-state index >= 15 is 0 Å². The zero-order valence-electron chi connectivity index (χ0n) is 13.6. The van der Waals surface area contributed by atoms with Gasteiger partial charge in [-0.15, -0.1) is 0 Å². The minimum Gasteiger partial charge on any atom is -0.469 e. The fourth-order valence-electron chi connectivity index (χ4n) is 1.98. The third kappa shape index (κ3) is 5.61. The summed E-state index contributed by atoms with van der Waals surface area (Å²) in [5.74, 6) is -0.827. The number of hydrogen-bond donors (Lipinski definition) is 2. The van der Waals surface area contributed by atoms with Gasteiger partial charge in [0.05, 0.1) is 18.4 Å². The van der Waals surface area contributed by atoms with E-state index in [0.717, 1.165) is 0 Å². The molecule has 0 aliphatic rings. The Bertz CT molecular complexity index is 833. The average Bonchev–Trinajstić information content (AvgIpc) is 2.60. The minimum absolute atomic E-state index is 0.0116. The molecule has 0 atom stereocenters. The van der Waals surface area contributed by atoms with Crippen molar-refractivity contribution in [3.05, 3.63) is 54.6 Å². The van der Waals surface area contributed by atoms with E-state index in [1.54, 1.807) is 30.3 Å². The zero-order valence-corrected chi connectivity index (χ0v) is 14.4. The first-order valence-electron chi connectivity index (χ1n) is 7.45. The Morgan fingerprint density at radius 3 is 2.16 bits per heavy atom. The predicted octanol–water partition coefficient (Wildman–Crippen LogP) is 2.38. The molecule has 0 radical (unpaired) electrons. The number of para-hydroxylation sites is 1. The Kier molecular flexibility index (Phi) is 6.13. The lowest BCUT2D eigenvalue weighted by Crippen LogP contribution is -2.15. The van der Waals surface area contributed by atoms with Crippen molar-refractivity contribution in [2.75, 3.05) is 17.1 Å². The monoisotopic (exact) mass is 362 g/mol. The van der Waals surface area contributed by atoms with Gasteiger partial charge in [-0.2, -0.15) is 0 Å². The van der Waals surface area contributed by atoms with Crippen molar-refractivity contribution in [2.45, 2.75) is 17.7 Å². The highest BCUT2D eigenvalue weighted by Crippen LogP contribution is 2.18. The van der Waals surface area contributed by atoms with Crippen molar-refractivity contribution in [3.8, 4) is 0 Å². The SMILES string of the molecule is COC(=O)CCC(=O)Nc1ccc(S(=O)(=O)Nc2ccccc2)cc1. The summed E-state index contributed by atoms with van der Waals surface area (Å²) in [6, 6.07) is 14.3. The van der Waals surface area contributed by atoms with E-state index in [0.29, 0.717) is 11.4 Å². The molecule has 7 nitrogen and oxygen atoms in total. The normalized spacial score (nSPS) is 10.8. The highest BCUT2D eigenvalue weighted by molar-refractivity contribution is 7.92. The Morgan fingerprint density at radius 2 is 1.56 bits per heavy atom. The molecule has 0 bridgehead atoms. The maximum atomic E-state index is 12.3. The smallest absolute Gasteiger partial charge is 0.306 e. The fourth-order valence-corrected chi connectivity index (χ4v) is 3.04. The number of rotatable bonds is 7. The summed E-state index contributed by atoms with van der Waals surface area (Å²) in [4.78, 5) is 22.8. The molecule has 8 heteroatoms. The van der Waals surface area contributed by atoms with E-state index in [2.05, 4.69) is 14.8 Å². The van der Waals surface area contributed by atoms with E-state index < -0.39 is 16.0 Å². The number of ether oxygens (including phenoxy) is 1. The molecular formula is C17H18N2O5S. The number of carbonyl (C=O) groups excluding carboxylic acids is 2. The van der Waals surface area contributed by atoms with E-state index in [9.17, 15) is 18.0 Å². The number of hydrogen-bond acceptors (Lipinski definition) is 5. The van der Waals surface area contributed by atoms with Gasteiger partial charge in [0, 0.05) is 17.8 Å². The van der Waals surface area contributed by atoms with Crippen LogP contribution >= 0.6 is 0 Å². The number of benzene rings is 2. The highest BCUT2D eigenvalue weighted by Gasteiger charge is 2.14. The average molecular weight is 362 g/mol. The molecule has 2 aromatic carbocycles. The number of nitrogens with one attached hydrogen (secondary N) is 2. The van der Waals surface area contributed by atoms with Crippen LogP contribution in [0, 0.1) is 0 Å². The molecule has 0 spiro atoms. The number of methoxy groups -OCH3 is 1. The van der Waals surface area contributed by atoms with Crippen LogP contribution in [0.5, 0.6) is 0 Å². The summed E-state index contributed by atoms with van der Waals surface area (Å²) in [5, 5.41) is 2.59. The summed E-state index contributed by atoms with van der Waals surface area (Å²) in [7, 11) is -2.45. The van der Waals surface area contributed by atoms with Crippen molar-refractivity contribution in [1.29, 1.82) is 0 Å². The van der Waals surface area contributed by atoms with E-state index in [4.69, 9.17) is 0 Å². The second-order valence-corrected chi connectivity index (χ2v) is 6.80. The van der Waals surface area contributed by atoms with Gasteiger partial charge in [0.2, 0.25) is 5.91 Å². The Labute approximate surface area is 146 Å². The van der Waals surface area contributed by atoms with Gasteiger partial charge in [-0.1, -0.05) is 18.2 Å². The van der Waals surface area contributed by atoms with Crippen LogP contribution in [0.15, 0.2) is 59.5 Å². The van der Waals surface area contributed by atoms with Crippen LogP contribution in [-0.2, 0) is 24.3 Å². The van der Waals surface area contributed by atoms with Crippen LogP contribution in [0.3, 0.4) is 0 Å². The number of carbonyl (C=O) groups is 2. The molecule has 0 saturated carbocycles. The third-order valence-corrected chi connectivity index (χ3v) is 4.66. The van der Waals surface area contributed by atoms with Gasteiger partial charge in [0.1, 0.15) is 0 Å². The first-order valence-corrected chi connectivity index (χ1v) is 8.93. The number of esters is 1. The van der Waals surface area contributed by atoms with Crippen molar-refractivity contribution < 1.29 is 22.7 Å². The van der Waals surface area contributed by atoms with Crippen LogP contribution < -0.4 is 10.0 Å². The molecule has 0 aliphatic carbocycles. The van der Waals surface area contributed by atoms with Gasteiger partial charge in [-0.25, -0.2) is 8.42 Å². The molecule has 2 aromatic rings. The maximum Gasteiger partial charge on any atom is 0.306 e. The summed E-state index contributed by atoms with van der Waals surface area (Å²) < 4.78 is 31.5. The fraction of sp³-hybridized carbons (Fsp3) is 0.176. The molecule has 0 unspecified atom stereocenters. The second-order valence-electron chi connectivity index (χ2n) is 5.12. The van der Waals surface area contributed by atoms with Crippen molar-refractivity contribution in [1.82, 2.24) is 0 Å². The lowest BCUT2D eigenvalue weighted by Gasteiger charge is -2.09. The molecule has 132 valence electrons. The topological polar surface area (TPSA) is 102 Å². The van der Waals surface area contributed by atoms with E-state index in [1.807, 2.05) is 0 Å². The quantitative estimate of drug-likeness (QED) is 0.737. The van der Waals surface area contributed by atoms with Gasteiger partial charge in [0.25, 0.3) is 10.0 Å². The van der Waals surface area contributed by atoms with Gasteiger partial charge in [-0.05, 0) is 36.4 Å². The molecule has 0 fully saturated rings. The molecule has 2 N–H and O–H groups in total. The predicted molar refractivity (Wildman–Crippen MR) is 93.6 cm³/mol. The summed E-state index contributed by atoms with van der Waals surface area (Å²) in [6.45, 7) is 0. The maximum absolute atomic E-state index is 12.3. The Balaban J connectivity index is 1.99. The van der Waals surface area contributed by atoms with E-state index in [-0.39, 0.29) is 23.6 Å². The first-order chi connectivity index (χ1) is 11.9. The lowest BCUT2D eigenvalue weighted by atomic mass is 10.2. The van der Waals surface area contributed by atoms with Gasteiger partial charge in [0.15, 0.2) is 0 Å². The van der Waals surface area contributed by atoms with Gasteiger partial charge < -0.3 is 10.1 Å². The molecule has 1 amide bonds. The van der Waals surface area contributed by atoms with Gasteiger partial charge in [-0.3, -0.25) is 14.3 Å². The van der Waals surface area contributed by atoms with Crippen molar-refractivity contribution >= 4 is 33.3 Å². The summed E-state index contributed by atoms with van der Waals surface area (Å²) >= 11 is 0. The number of amides is 1. The first kappa shape index (κ1) is 18.5. The Hall–Kier alpha value is -2.87. The number of anilines is 2. The third-order valence-electron chi connectivity index (χ3n) is 3.26. The van der Waals surface area contributed by atoms with E-state index in [1.165, 1.54) is 31.4 Å². The molecule has 2 rings (SSSR count). The number of sulfonamides is 1. The van der Waals surface area contributed by atoms with Crippen LogP contribution in [0.25, 0.3) is 0 Å². The molecule has 25 heavy (non-hydrogen) atoms. The van der Waals surface area contributed by atoms with Crippen molar-refractivity contribution in [2.24, 2.45) is 0 Å². The molecular weight excluding hydrogens is 344 g/mol. The summed E-state index contributed by atoms with van der Waals surface area (Å²) in [6.07, 6.45) is -0.0297. The Morgan fingerprint density at radius 1 is 0.920 bits per heavy atom. The lowest BCUT2D eigenvalue weighted by molar-refractivity contribution is -0.141. The molecule has 0 aliphatic heterocycles. The van der Waals surface area contributed by atoms with Crippen LogP contribution in [0.1, 0.15) is 12.8 Å². The summed E-state index contributed by atoms with van der Waals surface area (Å²) in [5.41, 5.74) is 0.899. The molecule has 0 aromatic heterocycles. The molecule has 0 heterocycles. The zero-order chi connectivity index (χ0) is 18.3. The largest absolute Gasteiger partial charge is 0.469 e. The standard InChI is InChI=1S/C17H18N2O5S/c1-24-17(21)12-11-16(20)18-13-7-9-15(10-8-13)25(22,23)19-14-5-3-2-4-6-14/h2-10,19H,11-12H2,1H3,(H,18,20). The van der Waals surface area contributed by atoms with Crippen LogP contribution in [-0.4, -0.2) is 27.4 Å². The second kappa shape index (κ2) is 8.29. The van der Waals surface area contributed by atoms with Crippen molar-refractivity contribution in [3.63, 3.8) is 0 Å². The molecule has 0 saturated heterocycles.